The predicted molar refractivity (Wildman–Crippen MR) is 140 cm³/mol. The summed E-state index contributed by atoms with van der Waals surface area (Å²) in [5.41, 5.74) is 1.54. The Hall–Kier alpha value is -3.23. The molecular formula is C24H26N5O8PS. The molecule has 1 saturated heterocycles. The van der Waals surface area contributed by atoms with E-state index in [2.05, 4.69) is 20.3 Å². The molecular weight excluding hydrogens is 549 g/mol. The molecule has 2 aromatic carbocycles. The van der Waals surface area contributed by atoms with Gasteiger partial charge in [0.25, 0.3) is 0 Å². The van der Waals surface area contributed by atoms with Crippen LogP contribution in [0.1, 0.15) is 22.3 Å². The summed E-state index contributed by atoms with van der Waals surface area (Å²) >= 11 is 0. The second kappa shape index (κ2) is 10.7. The highest BCUT2D eigenvalue weighted by Crippen LogP contribution is 2.55. The van der Waals surface area contributed by atoms with Crippen molar-refractivity contribution in [2.24, 2.45) is 0 Å². The first kappa shape index (κ1) is 27.3. The third kappa shape index (κ3) is 5.58. The first-order chi connectivity index (χ1) is 18.6. The van der Waals surface area contributed by atoms with Gasteiger partial charge in [-0.25, -0.2) is 23.4 Å². The number of aromatic nitrogens is 4. The Balaban J connectivity index is 1.38. The normalized spacial score (nSPS) is 22.7. The van der Waals surface area contributed by atoms with Crippen LogP contribution in [0.15, 0.2) is 73.3 Å². The number of hydrogen-bond donors (Lipinski definition) is 5. The van der Waals surface area contributed by atoms with E-state index < -0.39 is 52.7 Å². The average Bonchev–Trinajstić information content (AvgIpc) is 3.44. The molecule has 2 aromatic heterocycles. The third-order valence-electron chi connectivity index (χ3n) is 6.40. The summed E-state index contributed by atoms with van der Waals surface area (Å²) in [5.74, 6) is -0.528. The van der Waals surface area contributed by atoms with Crippen molar-refractivity contribution >= 4 is 34.4 Å². The molecule has 4 aromatic rings. The van der Waals surface area contributed by atoms with Crippen LogP contribution >= 0.6 is 7.60 Å². The predicted octanol–water partition coefficient (Wildman–Crippen LogP) is 1.35. The monoisotopic (exact) mass is 575 g/mol. The van der Waals surface area contributed by atoms with E-state index >= 15 is 0 Å². The summed E-state index contributed by atoms with van der Waals surface area (Å²) in [5, 5.41) is 24.6. The summed E-state index contributed by atoms with van der Waals surface area (Å²) in [7, 11) is -9.74. The van der Waals surface area contributed by atoms with E-state index in [0.29, 0.717) is 17.9 Å². The van der Waals surface area contributed by atoms with Gasteiger partial charge < -0.3 is 30.1 Å². The van der Waals surface area contributed by atoms with Gasteiger partial charge in [0, 0.05) is 6.54 Å². The lowest BCUT2D eigenvalue weighted by molar-refractivity contribution is -0.0292. The summed E-state index contributed by atoms with van der Waals surface area (Å²) < 4.78 is 45.7. The number of nitrogens with one attached hydrogen (secondary N) is 1. The zero-order valence-corrected chi connectivity index (χ0v) is 22.0. The zero-order chi connectivity index (χ0) is 27.8. The first-order valence-corrected chi connectivity index (χ1v) is 15.2. The molecule has 0 aliphatic carbocycles. The average molecular weight is 576 g/mol. The molecule has 0 amide bonds. The van der Waals surface area contributed by atoms with Gasteiger partial charge >= 0.3 is 7.60 Å². The molecule has 0 bridgehead atoms. The largest absolute Gasteiger partial charge is 0.387 e. The van der Waals surface area contributed by atoms with Crippen molar-refractivity contribution < 1.29 is 37.7 Å². The van der Waals surface area contributed by atoms with Crippen LogP contribution in [-0.4, -0.2) is 72.0 Å². The lowest BCUT2D eigenvalue weighted by atomic mass is 10.1. The van der Waals surface area contributed by atoms with E-state index in [9.17, 15) is 33.0 Å². The minimum Gasteiger partial charge on any atom is -0.387 e. The molecule has 39 heavy (non-hydrogen) atoms. The number of imidazole rings is 1. The standard InChI is InChI=1S/C24H26N5O8PS/c30-19-17(12-39(35,36)24(38(32,33)34)16-9-5-2-6-10-16)37-23(20(19)31)29-14-28-18-21(26-13-27-22(18)29)25-11-15-7-3-1-4-8-15/h1-10,13-14,17,19-20,23-24,30-31H,11-12H2,(H,25,26,27)(H2,32,33,34)/t17?,19-,20-,23-,24?/m1/s1. The minimum atomic E-state index is -5.17. The van der Waals surface area contributed by atoms with Gasteiger partial charge in [-0.2, -0.15) is 0 Å². The number of nitrogens with zero attached hydrogens (tertiary/aromatic N) is 4. The van der Waals surface area contributed by atoms with Crippen LogP contribution in [0.4, 0.5) is 5.82 Å². The number of ether oxygens (including phenoxy) is 1. The van der Waals surface area contributed by atoms with Gasteiger partial charge in [-0.05, 0) is 11.1 Å². The molecule has 15 heteroatoms. The highest BCUT2D eigenvalue weighted by Gasteiger charge is 2.50. The summed E-state index contributed by atoms with van der Waals surface area (Å²) in [4.78, 5) is 30.3. The number of hydrogen-bond acceptors (Lipinski definition) is 10. The number of aliphatic hydroxyl groups excluding tert-OH is 2. The molecule has 0 saturated carbocycles. The van der Waals surface area contributed by atoms with Crippen molar-refractivity contribution in [3.8, 4) is 0 Å². The van der Waals surface area contributed by atoms with E-state index in [4.69, 9.17) is 4.74 Å². The Morgan fingerprint density at radius 1 is 0.974 bits per heavy atom. The van der Waals surface area contributed by atoms with Crippen LogP contribution in [0.3, 0.4) is 0 Å². The second-order valence-corrected chi connectivity index (χ2v) is 13.3. The number of sulfone groups is 1. The molecule has 1 fully saturated rings. The smallest absolute Gasteiger partial charge is 0.348 e. The van der Waals surface area contributed by atoms with E-state index in [-0.39, 0.29) is 11.2 Å². The van der Waals surface area contributed by atoms with Gasteiger partial charge in [0.1, 0.15) is 24.6 Å². The van der Waals surface area contributed by atoms with Crippen LogP contribution < -0.4 is 5.32 Å². The molecule has 3 heterocycles. The van der Waals surface area contributed by atoms with Gasteiger partial charge in [-0.15, -0.1) is 0 Å². The van der Waals surface area contributed by atoms with Gasteiger partial charge in [0.05, 0.1) is 12.1 Å². The zero-order valence-electron chi connectivity index (χ0n) is 20.3. The number of rotatable bonds is 9. The fourth-order valence-electron chi connectivity index (χ4n) is 4.59. The Morgan fingerprint density at radius 2 is 1.64 bits per heavy atom. The highest BCUT2D eigenvalue weighted by molar-refractivity contribution is 7.97. The second-order valence-electron chi connectivity index (χ2n) is 9.11. The molecule has 5 N–H and O–H groups in total. The molecule has 1 aliphatic rings. The van der Waals surface area contributed by atoms with Crippen LogP contribution in [-0.2, 0) is 25.7 Å². The summed E-state index contributed by atoms with van der Waals surface area (Å²) in [6.07, 6.45) is -3.39. The van der Waals surface area contributed by atoms with Crippen molar-refractivity contribution in [2.75, 3.05) is 11.1 Å². The van der Waals surface area contributed by atoms with Crippen molar-refractivity contribution in [3.05, 3.63) is 84.4 Å². The van der Waals surface area contributed by atoms with Crippen LogP contribution in [0.25, 0.3) is 11.2 Å². The van der Waals surface area contributed by atoms with Crippen LogP contribution in [0.5, 0.6) is 0 Å². The maximum atomic E-state index is 13.2. The fraction of sp³-hybridized carbons (Fsp3) is 0.292. The molecule has 5 rings (SSSR count). The van der Waals surface area contributed by atoms with Crippen LogP contribution in [0, 0.1) is 0 Å². The number of fused-ring (bicyclic) bond motifs is 1. The van der Waals surface area contributed by atoms with Crippen molar-refractivity contribution in [2.45, 2.75) is 36.1 Å². The Morgan fingerprint density at radius 3 is 2.31 bits per heavy atom. The lowest BCUT2D eigenvalue weighted by Gasteiger charge is -2.22. The number of benzene rings is 2. The quantitative estimate of drug-likeness (QED) is 0.180. The number of aliphatic hydroxyl groups is 2. The molecule has 2 unspecified atom stereocenters. The minimum absolute atomic E-state index is 0.0942. The first-order valence-electron chi connectivity index (χ1n) is 11.8. The van der Waals surface area contributed by atoms with E-state index in [0.717, 1.165) is 5.56 Å². The van der Waals surface area contributed by atoms with Crippen molar-refractivity contribution in [1.82, 2.24) is 19.5 Å². The van der Waals surface area contributed by atoms with Gasteiger partial charge in [0.15, 0.2) is 38.0 Å². The molecule has 206 valence electrons. The summed E-state index contributed by atoms with van der Waals surface area (Å²) in [6.45, 7) is 0.461. The van der Waals surface area contributed by atoms with E-state index in [1.807, 2.05) is 30.3 Å². The molecule has 0 radical (unpaired) electrons. The summed E-state index contributed by atoms with van der Waals surface area (Å²) in [6, 6.07) is 16.7. The van der Waals surface area contributed by atoms with Gasteiger partial charge in [-0.3, -0.25) is 9.13 Å². The number of anilines is 1. The highest BCUT2D eigenvalue weighted by atomic mass is 32.2. The fourth-order valence-corrected chi connectivity index (χ4v) is 8.57. The molecule has 5 atom stereocenters. The van der Waals surface area contributed by atoms with Crippen LogP contribution in [0.2, 0.25) is 0 Å². The maximum absolute atomic E-state index is 13.2. The van der Waals surface area contributed by atoms with Crippen molar-refractivity contribution in [3.63, 3.8) is 0 Å². The third-order valence-corrected chi connectivity index (χ3v) is 10.8. The van der Waals surface area contributed by atoms with E-state index in [1.54, 1.807) is 6.07 Å². The van der Waals surface area contributed by atoms with Crippen molar-refractivity contribution in [1.29, 1.82) is 0 Å². The maximum Gasteiger partial charge on any atom is 0.348 e. The topological polar surface area (TPSA) is 197 Å². The lowest BCUT2D eigenvalue weighted by Crippen LogP contribution is -2.36. The SMILES string of the molecule is O=P(O)(O)C(c1ccccc1)S(=O)(=O)CC1O[C@@H](n2cnc3c(NCc4ccccc4)ncnc32)[C@H](O)[C@@H]1O. The Kier molecular flexibility index (Phi) is 7.53. The molecule has 13 nitrogen and oxygen atoms in total. The van der Waals surface area contributed by atoms with Gasteiger partial charge in [0.2, 0.25) is 0 Å². The van der Waals surface area contributed by atoms with Gasteiger partial charge in [-0.1, -0.05) is 60.7 Å². The Labute approximate surface area is 223 Å². The molecule has 1 aliphatic heterocycles. The molecule has 0 spiro atoms. The Bertz CT molecular complexity index is 1600. The van der Waals surface area contributed by atoms with E-state index in [1.165, 1.54) is 41.5 Å².